The summed E-state index contributed by atoms with van der Waals surface area (Å²) in [6.45, 7) is 3.43. The van der Waals surface area contributed by atoms with E-state index in [1.54, 1.807) is 27.7 Å². The van der Waals surface area contributed by atoms with Crippen LogP contribution in [0.5, 0.6) is 0 Å². The summed E-state index contributed by atoms with van der Waals surface area (Å²) < 4.78 is 42.2. The van der Waals surface area contributed by atoms with Crippen LogP contribution < -0.4 is 5.32 Å². The molecule has 30 heavy (non-hydrogen) atoms. The summed E-state index contributed by atoms with van der Waals surface area (Å²) in [6.07, 6.45) is 3.45. The fraction of sp³-hybridized carbons (Fsp3) is 0.0952. The van der Waals surface area contributed by atoms with Gasteiger partial charge < -0.3 is 14.5 Å². The van der Waals surface area contributed by atoms with Crippen molar-refractivity contribution in [2.75, 3.05) is 5.32 Å². The van der Waals surface area contributed by atoms with Crippen LogP contribution in [-0.2, 0) is 18.0 Å². The number of fused-ring (bicyclic) bond motifs is 1. The summed E-state index contributed by atoms with van der Waals surface area (Å²) in [5.74, 6) is -0.377. The maximum absolute atomic E-state index is 12.9. The third kappa shape index (κ3) is 3.57. The maximum Gasteiger partial charge on any atom is 0.416 e. The Kier molecular flexibility index (Phi) is 4.65. The summed E-state index contributed by atoms with van der Waals surface area (Å²) in [5.41, 5.74) is 2.18. The van der Waals surface area contributed by atoms with Gasteiger partial charge in [0, 0.05) is 36.1 Å². The van der Waals surface area contributed by atoms with Gasteiger partial charge in [0.2, 0.25) is 5.91 Å². The van der Waals surface area contributed by atoms with Gasteiger partial charge >= 0.3 is 6.18 Å². The lowest BCUT2D eigenvalue weighted by atomic mass is 10.1. The largest absolute Gasteiger partial charge is 0.416 e. The molecule has 0 fully saturated rings. The molecule has 3 heterocycles. The van der Waals surface area contributed by atoms with Crippen LogP contribution >= 0.6 is 0 Å². The number of halogens is 3. The number of rotatable bonds is 4. The number of alkyl halides is 3. The lowest BCUT2D eigenvalue weighted by molar-refractivity contribution is -0.137. The number of aryl methyl sites for hydroxylation is 1. The second kappa shape index (κ2) is 7.18. The number of aromatic nitrogens is 4. The molecule has 1 aromatic carbocycles. The Bertz CT molecular complexity index is 1250. The van der Waals surface area contributed by atoms with Crippen molar-refractivity contribution in [1.29, 1.82) is 0 Å². The predicted molar refractivity (Wildman–Crippen MR) is 107 cm³/mol. The van der Waals surface area contributed by atoms with Crippen LogP contribution in [0.15, 0.2) is 67.9 Å². The number of nitrogens with one attached hydrogen (secondary N) is 1. The van der Waals surface area contributed by atoms with Crippen LogP contribution in [0.4, 0.5) is 18.9 Å². The standard InChI is InChI=1S/C21H16F3N5O/c1-3-19(30)27-14-8-16-17(18-11-28(2)12-26-18)10-29(20(16)25-9-14)15-6-4-13(5-7-15)21(22,23)24/h3-12H,1H2,2H3,(H,27,30). The zero-order valence-corrected chi connectivity index (χ0v) is 15.8. The molecule has 4 rings (SSSR count). The number of amides is 1. The van der Waals surface area contributed by atoms with Crippen molar-refractivity contribution in [1.82, 2.24) is 19.1 Å². The molecule has 0 unspecified atom stereocenters. The summed E-state index contributed by atoms with van der Waals surface area (Å²) in [6, 6.07) is 6.58. The van der Waals surface area contributed by atoms with E-state index in [9.17, 15) is 18.0 Å². The van der Waals surface area contributed by atoms with Gasteiger partial charge in [-0.2, -0.15) is 13.2 Å². The minimum Gasteiger partial charge on any atom is -0.340 e. The third-order valence-electron chi connectivity index (χ3n) is 4.55. The Morgan fingerprint density at radius 3 is 2.50 bits per heavy atom. The van der Waals surface area contributed by atoms with Crippen LogP contribution in [0.1, 0.15) is 5.56 Å². The highest BCUT2D eigenvalue weighted by Crippen LogP contribution is 2.34. The van der Waals surface area contributed by atoms with Gasteiger partial charge in [0.1, 0.15) is 5.65 Å². The zero-order chi connectivity index (χ0) is 21.5. The molecule has 0 atom stereocenters. The quantitative estimate of drug-likeness (QED) is 0.501. The average molecular weight is 411 g/mol. The maximum atomic E-state index is 12.9. The number of nitrogens with zero attached hydrogens (tertiary/aromatic N) is 4. The van der Waals surface area contributed by atoms with E-state index in [0.717, 1.165) is 23.8 Å². The predicted octanol–water partition coefficient (Wildman–Crippen LogP) is 4.57. The van der Waals surface area contributed by atoms with E-state index in [-0.39, 0.29) is 5.91 Å². The number of benzene rings is 1. The van der Waals surface area contributed by atoms with Gasteiger partial charge in [-0.15, -0.1) is 0 Å². The number of hydrogen-bond acceptors (Lipinski definition) is 3. The highest BCUT2D eigenvalue weighted by atomic mass is 19.4. The van der Waals surface area contributed by atoms with Crippen molar-refractivity contribution in [3.63, 3.8) is 0 Å². The number of pyridine rings is 1. The Hall–Kier alpha value is -3.88. The highest BCUT2D eigenvalue weighted by molar-refractivity contribution is 6.01. The van der Waals surface area contributed by atoms with Crippen molar-refractivity contribution in [3.05, 3.63) is 73.5 Å². The number of carbonyl (C=O) groups excluding carboxylic acids is 1. The topological polar surface area (TPSA) is 64.7 Å². The van der Waals surface area contributed by atoms with E-state index in [4.69, 9.17) is 0 Å². The van der Waals surface area contributed by atoms with Crippen molar-refractivity contribution >= 4 is 22.6 Å². The Balaban J connectivity index is 1.88. The minimum absolute atomic E-state index is 0.377. The lowest BCUT2D eigenvalue weighted by Crippen LogP contribution is -2.07. The SMILES string of the molecule is C=CC(=O)Nc1cnc2c(c1)c(-c1cn(C)cn1)cn2-c1ccc(C(F)(F)F)cc1. The summed E-state index contributed by atoms with van der Waals surface area (Å²) in [5, 5.41) is 3.35. The highest BCUT2D eigenvalue weighted by Gasteiger charge is 2.30. The first kappa shape index (κ1) is 19.4. The molecule has 6 nitrogen and oxygen atoms in total. The summed E-state index contributed by atoms with van der Waals surface area (Å²) in [4.78, 5) is 20.4. The molecule has 0 aliphatic carbocycles. The number of hydrogen-bond donors (Lipinski definition) is 1. The van der Waals surface area contributed by atoms with E-state index >= 15 is 0 Å². The van der Waals surface area contributed by atoms with Crippen molar-refractivity contribution in [3.8, 4) is 16.9 Å². The van der Waals surface area contributed by atoms with Crippen LogP contribution in [0.2, 0.25) is 0 Å². The van der Waals surface area contributed by atoms with Crippen molar-refractivity contribution in [2.24, 2.45) is 7.05 Å². The van der Waals surface area contributed by atoms with Gasteiger partial charge in [-0.1, -0.05) is 6.58 Å². The fourth-order valence-corrected chi connectivity index (χ4v) is 3.13. The first-order chi connectivity index (χ1) is 14.3. The first-order valence-corrected chi connectivity index (χ1v) is 8.87. The Morgan fingerprint density at radius 2 is 1.90 bits per heavy atom. The normalized spacial score (nSPS) is 11.6. The molecule has 3 aromatic heterocycles. The lowest BCUT2D eigenvalue weighted by Gasteiger charge is -2.09. The van der Waals surface area contributed by atoms with Gasteiger partial charge in [-0.25, -0.2) is 9.97 Å². The molecule has 0 saturated carbocycles. The van der Waals surface area contributed by atoms with E-state index in [0.29, 0.717) is 28.1 Å². The zero-order valence-electron chi connectivity index (χ0n) is 15.8. The molecule has 0 aliphatic rings. The molecule has 9 heteroatoms. The monoisotopic (exact) mass is 411 g/mol. The van der Waals surface area contributed by atoms with Crippen molar-refractivity contribution < 1.29 is 18.0 Å². The molecular formula is C21H16F3N5O. The van der Waals surface area contributed by atoms with Crippen LogP contribution in [-0.4, -0.2) is 25.0 Å². The molecular weight excluding hydrogens is 395 g/mol. The smallest absolute Gasteiger partial charge is 0.340 e. The first-order valence-electron chi connectivity index (χ1n) is 8.87. The van der Waals surface area contributed by atoms with Gasteiger partial charge in [-0.3, -0.25) is 4.79 Å². The third-order valence-corrected chi connectivity index (χ3v) is 4.55. The van der Waals surface area contributed by atoms with Gasteiger partial charge in [0.25, 0.3) is 0 Å². The van der Waals surface area contributed by atoms with E-state index in [2.05, 4.69) is 21.9 Å². The Labute approximate surface area is 169 Å². The molecule has 0 saturated heterocycles. The summed E-state index contributed by atoms with van der Waals surface area (Å²) >= 11 is 0. The minimum atomic E-state index is -4.41. The Morgan fingerprint density at radius 1 is 1.17 bits per heavy atom. The molecule has 0 bridgehead atoms. The van der Waals surface area contributed by atoms with E-state index < -0.39 is 11.7 Å². The van der Waals surface area contributed by atoms with Crippen LogP contribution in [0.25, 0.3) is 28.0 Å². The molecule has 4 aromatic rings. The number of anilines is 1. The summed E-state index contributed by atoms with van der Waals surface area (Å²) in [7, 11) is 1.83. The molecule has 1 amide bonds. The van der Waals surface area contributed by atoms with Gasteiger partial charge in [0.15, 0.2) is 0 Å². The fourth-order valence-electron chi connectivity index (χ4n) is 3.13. The van der Waals surface area contributed by atoms with Crippen LogP contribution in [0.3, 0.4) is 0 Å². The van der Waals surface area contributed by atoms with Crippen molar-refractivity contribution in [2.45, 2.75) is 6.18 Å². The van der Waals surface area contributed by atoms with E-state index in [1.165, 1.54) is 18.3 Å². The molecule has 0 spiro atoms. The molecule has 1 N–H and O–H groups in total. The molecule has 0 radical (unpaired) electrons. The second-order valence-corrected chi connectivity index (χ2v) is 6.67. The van der Waals surface area contributed by atoms with Crippen LogP contribution in [0, 0.1) is 0 Å². The number of imidazole rings is 1. The number of carbonyl (C=O) groups is 1. The second-order valence-electron chi connectivity index (χ2n) is 6.67. The van der Waals surface area contributed by atoms with E-state index in [1.807, 2.05) is 13.2 Å². The van der Waals surface area contributed by atoms with Gasteiger partial charge in [-0.05, 0) is 36.4 Å². The average Bonchev–Trinajstić information content (AvgIpc) is 3.30. The molecule has 0 aliphatic heterocycles. The molecule has 152 valence electrons. The van der Waals surface area contributed by atoms with Gasteiger partial charge in [0.05, 0.1) is 29.5 Å².